The molecule has 96 valence electrons. The summed E-state index contributed by atoms with van der Waals surface area (Å²) in [5, 5.41) is 0.591. The van der Waals surface area contributed by atoms with Crippen LogP contribution >= 0.6 is 27.7 Å². The van der Waals surface area contributed by atoms with Gasteiger partial charge < -0.3 is 10.3 Å². The van der Waals surface area contributed by atoms with Crippen molar-refractivity contribution < 1.29 is 4.39 Å². The Hall–Kier alpha value is -0.750. The molecule has 1 aromatic heterocycles. The molecule has 0 radical (unpaired) electrons. The molecule has 1 fully saturated rings. The molecule has 3 nitrogen and oxygen atoms in total. The smallest absolute Gasteiger partial charge is 0.201 e. The number of benzene rings is 1. The summed E-state index contributed by atoms with van der Waals surface area (Å²) in [5.74, 6) is 1.38. The van der Waals surface area contributed by atoms with Crippen LogP contribution in [0.1, 0.15) is 12.8 Å². The van der Waals surface area contributed by atoms with Gasteiger partial charge in [-0.3, -0.25) is 0 Å². The van der Waals surface area contributed by atoms with Gasteiger partial charge >= 0.3 is 0 Å². The summed E-state index contributed by atoms with van der Waals surface area (Å²) in [5.41, 5.74) is 7.45. The maximum absolute atomic E-state index is 13.5. The van der Waals surface area contributed by atoms with Gasteiger partial charge in [0.25, 0.3) is 0 Å². The number of thioether (sulfide) groups is 1. The van der Waals surface area contributed by atoms with E-state index in [1.165, 1.54) is 24.7 Å². The summed E-state index contributed by atoms with van der Waals surface area (Å²) >= 11 is 5.19. The quantitative estimate of drug-likeness (QED) is 0.918. The molecule has 1 unspecified atom stereocenters. The Morgan fingerprint density at radius 2 is 2.39 bits per heavy atom. The fraction of sp³-hybridized carbons (Fsp3) is 0.417. The minimum absolute atomic E-state index is 0.303. The Bertz CT molecular complexity index is 593. The number of nitrogen functional groups attached to an aromatic ring is 1. The van der Waals surface area contributed by atoms with E-state index < -0.39 is 0 Å². The molecular formula is C12H13BrFN3S. The molecule has 0 amide bonds. The minimum Gasteiger partial charge on any atom is -0.369 e. The van der Waals surface area contributed by atoms with Crippen molar-refractivity contribution in [1.29, 1.82) is 0 Å². The highest BCUT2D eigenvalue weighted by Gasteiger charge is 2.19. The second-order valence-electron chi connectivity index (χ2n) is 4.47. The van der Waals surface area contributed by atoms with E-state index in [4.69, 9.17) is 5.73 Å². The summed E-state index contributed by atoms with van der Waals surface area (Å²) in [6, 6.07) is 3.18. The van der Waals surface area contributed by atoms with Crippen LogP contribution in [0.2, 0.25) is 0 Å². The Kier molecular flexibility index (Phi) is 3.23. The van der Waals surface area contributed by atoms with Crippen molar-refractivity contribution in [2.75, 3.05) is 11.5 Å². The first-order chi connectivity index (χ1) is 8.65. The number of nitrogens with two attached hydrogens (primary N) is 1. The first-order valence-corrected chi connectivity index (χ1v) is 7.71. The third kappa shape index (κ3) is 2.12. The number of rotatable bonds is 2. The normalized spacial score (nSPS) is 19.8. The molecular weight excluding hydrogens is 317 g/mol. The van der Waals surface area contributed by atoms with Crippen LogP contribution in [0, 0.1) is 5.82 Å². The number of halogens is 2. The molecule has 1 saturated heterocycles. The summed E-state index contributed by atoms with van der Waals surface area (Å²) < 4.78 is 15.9. The number of nitrogens with zero attached hydrogens (tertiary/aromatic N) is 2. The third-order valence-electron chi connectivity index (χ3n) is 3.23. The van der Waals surface area contributed by atoms with E-state index >= 15 is 0 Å². The number of hydrogen-bond acceptors (Lipinski definition) is 3. The van der Waals surface area contributed by atoms with E-state index in [1.807, 2.05) is 16.3 Å². The molecule has 0 aliphatic carbocycles. The summed E-state index contributed by atoms with van der Waals surface area (Å²) in [6.07, 6.45) is 2.48. The predicted molar refractivity (Wildman–Crippen MR) is 77.3 cm³/mol. The predicted octanol–water partition coefficient (Wildman–Crippen LogP) is 3.42. The van der Waals surface area contributed by atoms with Crippen molar-refractivity contribution in [3.63, 3.8) is 0 Å². The Morgan fingerprint density at radius 3 is 3.11 bits per heavy atom. The van der Waals surface area contributed by atoms with E-state index in [-0.39, 0.29) is 5.82 Å². The van der Waals surface area contributed by atoms with E-state index in [0.29, 0.717) is 21.2 Å². The zero-order valence-corrected chi connectivity index (χ0v) is 12.1. The lowest BCUT2D eigenvalue weighted by atomic mass is 10.2. The highest BCUT2D eigenvalue weighted by molar-refractivity contribution is 9.10. The molecule has 2 heterocycles. The van der Waals surface area contributed by atoms with Crippen LogP contribution in [0.25, 0.3) is 11.0 Å². The Labute approximate surface area is 117 Å². The van der Waals surface area contributed by atoms with Crippen molar-refractivity contribution in [3.05, 3.63) is 22.4 Å². The monoisotopic (exact) mass is 329 g/mol. The van der Waals surface area contributed by atoms with Gasteiger partial charge in [-0.25, -0.2) is 9.37 Å². The van der Waals surface area contributed by atoms with Gasteiger partial charge in [0.2, 0.25) is 5.95 Å². The molecule has 0 saturated carbocycles. The summed E-state index contributed by atoms with van der Waals surface area (Å²) in [7, 11) is 0. The molecule has 2 N–H and O–H groups in total. The lowest BCUT2D eigenvalue weighted by Crippen LogP contribution is -2.12. The number of fused-ring (bicyclic) bond motifs is 1. The summed E-state index contributed by atoms with van der Waals surface area (Å²) in [6.45, 7) is 0.852. The molecule has 0 bridgehead atoms. The molecule has 3 rings (SSSR count). The largest absolute Gasteiger partial charge is 0.369 e. The van der Waals surface area contributed by atoms with Gasteiger partial charge in [-0.05, 0) is 40.6 Å². The number of hydrogen-bond donors (Lipinski definition) is 1. The van der Waals surface area contributed by atoms with Gasteiger partial charge in [0.05, 0.1) is 15.5 Å². The Balaban J connectivity index is 2.04. The lowest BCUT2D eigenvalue weighted by Gasteiger charge is -2.11. The maximum atomic E-state index is 13.5. The first kappa shape index (κ1) is 12.3. The molecule has 18 heavy (non-hydrogen) atoms. The third-order valence-corrected chi connectivity index (χ3v) is 5.22. The van der Waals surface area contributed by atoms with E-state index in [0.717, 1.165) is 12.1 Å². The first-order valence-electron chi connectivity index (χ1n) is 5.87. The highest BCUT2D eigenvalue weighted by atomic mass is 79.9. The average molecular weight is 330 g/mol. The molecule has 6 heteroatoms. The summed E-state index contributed by atoms with van der Waals surface area (Å²) in [4.78, 5) is 4.23. The van der Waals surface area contributed by atoms with E-state index in [1.54, 1.807) is 6.07 Å². The van der Waals surface area contributed by atoms with Crippen molar-refractivity contribution >= 4 is 44.7 Å². The lowest BCUT2D eigenvalue weighted by molar-refractivity contribution is 0.622. The van der Waals surface area contributed by atoms with Gasteiger partial charge in [0.1, 0.15) is 5.82 Å². The number of imidazole rings is 1. The van der Waals surface area contributed by atoms with E-state index in [9.17, 15) is 4.39 Å². The molecule has 1 aliphatic rings. The highest BCUT2D eigenvalue weighted by Crippen LogP contribution is 2.31. The number of anilines is 1. The standard InChI is InChI=1S/C12H13BrFN3S/c13-8-4-11-10(5-9(8)14)16-12(15)17(11)6-7-2-1-3-18-7/h4-5,7H,1-3,6H2,(H2,15,16). The van der Waals surface area contributed by atoms with E-state index in [2.05, 4.69) is 20.9 Å². The van der Waals surface area contributed by atoms with Crippen molar-refractivity contribution in [3.8, 4) is 0 Å². The van der Waals surface area contributed by atoms with Gasteiger partial charge in [0, 0.05) is 17.9 Å². The van der Waals surface area contributed by atoms with Gasteiger partial charge in [-0.15, -0.1) is 0 Å². The molecule has 0 spiro atoms. The second kappa shape index (κ2) is 4.74. The number of aromatic nitrogens is 2. The van der Waals surface area contributed by atoms with Crippen LogP contribution in [-0.4, -0.2) is 20.6 Å². The van der Waals surface area contributed by atoms with Crippen LogP contribution in [0.3, 0.4) is 0 Å². The molecule has 2 aromatic rings. The fourth-order valence-corrected chi connectivity index (χ4v) is 3.91. The second-order valence-corrected chi connectivity index (χ2v) is 6.73. The molecule has 1 aromatic carbocycles. The Morgan fingerprint density at radius 1 is 1.56 bits per heavy atom. The van der Waals surface area contributed by atoms with Crippen LogP contribution in [0.15, 0.2) is 16.6 Å². The van der Waals surface area contributed by atoms with Crippen molar-refractivity contribution in [2.24, 2.45) is 0 Å². The van der Waals surface area contributed by atoms with Crippen molar-refractivity contribution in [2.45, 2.75) is 24.6 Å². The van der Waals surface area contributed by atoms with Gasteiger partial charge in [-0.1, -0.05) is 0 Å². The van der Waals surface area contributed by atoms with Crippen LogP contribution in [0.4, 0.5) is 10.3 Å². The van der Waals surface area contributed by atoms with Gasteiger partial charge in [-0.2, -0.15) is 11.8 Å². The van der Waals surface area contributed by atoms with Crippen LogP contribution in [0.5, 0.6) is 0 Å². The van der Waals surface area contributed by atoms with Crippen LogP contribution < -0.4 is 5.73 Å². The zero-order valence-electron chi connectivity index (χ0n) is 9.70. The van der Waals surface area contributed by atoms with Crippen LogP contribution in [-0.2, 0) is 6.54 Å². The van der Waals surface area contributed by atoms with Crippen molar-refractivity contribution in [1.82, 2.24) is 9.55 Å². The topological polar surface area (TPSA) is 43.8 Å². The molecule has 1 atom stereocenters. The maximum Gasteiger partial charge on any atom is 0.201 e. The molecule has 1 aliphatic heterocycles. The SMILES string of the molecule is Nc1nc2cc(F)c(Br)cc2n1CC1CCCS1. The zero-order chi connectivity index (χ0) is 12.7. The van der Waals surface area contributed by atoms with Gasteiger partial charge in [0.15, 0.2) is 0 Å². The average Bonchev–Trinajstić information content (AvgIpc) is 2.92. The minimum atomic E-state index is -0.303. The fourth-order valence-electron chi connectivity index (χ4n) is 2.32.